The topological polar surface area (TPSA) is 29.5 Å². The van der Waals surface area contributed by atoms with Gasteiger partial charge in [-0.05, 0) is 54.1 Å². The molecular weight excluding hydrogens is 411 g/mol. The summed E-state index contributed by atoms with van der Waals surface area (Å²) < 4.78 is 5.38. The van der Waals surface area contributed by atoms with Crippen molar-refractivity contribution in [1.82, 2.24) is 0 Å². The standard InChI is InChI=1S/C26H23O2P.ClH/c1-28-26-19-21(17-18-25(26)27)20-29(22-11-5-2-6-12-22,23-13-7-3-8-14-23)24-15-9-4-10-16-24;/h2-19H,20H2,1H3;1H. The fourth-order valence-electron chi connectivity index (χ4n) is 3.86. The van der Waals surface area contributed by atoms with E-state index in [1.807, 2.05) is 12.1 Å². The minimum atomic E-state index is -1.96. The van der Waals surface area contributed by atoms with E-state index in [2.05, 4.69) is 91.0 Å². The van der Waals surface area contributed by atoms with Gasteiger partial charge in [-0.3, -0.25) is 0 Å². The van der Waals surface area contributed by atoms with Gasteiger partial charge in [0, 0.05) is 0 Å². The van der Waals surface area contributed by atoms with Gasteiger partial charge in [-0.25, -0.2) is 0 Å². The van der Waals surface area contributed by atoms with Crippen molar-refractivity contribution in [3.63, 3.8) is 0 Å². The van der Waals surface area contributed by atoms with E-state index in [1.54, 1.807) is 13.2 Å². The maximum Gasteiger partial charge on any atom is 0.160 e. The predicted octanol–water partition coefficient (Wildman–Crippen LogP) is 1.90. The summed E-state index contributed by atoms with van der Waals surface area (Å²) >= 11 is 0. The molecular formula is C26H24ClO2P. The second kappa shape index (κ2) is 9.80. The molecule has 0 bridgehead atoms. The Labute approximate surface area is 184 Å². The Morgan fingerprint density at radius 1 is 0.667 bits per heavy atom. The molecule has 0 aliphatic rings. The van der Waals surface area contributed by atoms with Gasteiger partial charge in [-0.2, -0.15) is 0 Å². The van der Waals surface area contributed by atoms with Crippen LogP contribution in [0.1, 0.15) is 5.56 Å². The van der Waals surface area contributed by atoms with Crippen molar-refractivity contribution in [2.45, 2.75) is 6.16 Å². The van der Waals surface area contributed by atoms with Crippen molar-refractivity contribution in [2.24, 2.45) is 0 Å². The number of halogens is 1. The molecule has 0 radical (unpaired) electrons. The largest absolute Gasteiger partial charge is 1.00 e. The first kappa shape index (κ1) is 21.9. The first-order chi connectivity index (χ1) is 14.2. The number of hydrogen-bond donors (Lipinski definition) is 1. The van der Waals surface area contributed by atoms with E-state index < -0.39 is 7.26 Å². The van der Waals surface area contributed by atoms with Crippen molar-refractivity contribution >= 4 is 23.2 Å². The Hall–Kier alpha value is -2.80. The van der Waals surface area contributed by atoms with Crippen molar-refractivity contribution < 1.29 is 22.3 Å². The molecule has 2 nitrogen and oxygen atoms in total. The van der Waals surface area contributed by atoms with Gasteiger partial charge >= 0.3 is 0 Å². The fourth-order valence-corrected chi connectivity index (χ4v) is 8.09. The molecule has 4 aromatic rings. The van der Waals surface area contributed by atoms with Gasteiger partial charge < -0.3 is 22.3 Å². The minimum absolute atomic E-state index is 0. The number of phenolic OH excluding ortho intramolecular Hbond substituents is 1. The number of ether oxygens (including phenoxy) is 1. The highest BCUT2D eigenvalue weighted by atomic mass is 35.5. The summed E-state index contributed by atoms with van der Waals surface area (Å²) in [7, 11) is -0.368. The molecule has 0 saturated carbocycles. The lowest BCUT2D eigenvalue weighted by Gasteiger charge is -2.28. The van der Waals surface area contributed by atoms with Crippen LogP contribution in [0.15, 0.2) is 109 Å². The van der Waals surface area contributed by atoms with Crippen LogP contribution in [-0.4, -0.2) is 12.2 Å². The summed E-state index contributed by atoms with van der Waals surface area (Å²) in [5.41, 5.74) is 1.14. The molecule has 0 unspecified atom stereocenters. The van der Waals surface area contributed by atoms with Crippen LogP contribution in [0.4, 0.5) is 0 Å². The molecule has 30 heavy (non-hydrogen) atoms. The average Bonchev–Trinajstić information content (AvgIpc) is 2.80. The van der Waals surface area contributed by atoms with E-state index in [9.17, 15) is 5.11 Å². The quantitative estimate of drug-likeness (QED) is 0.470. The zero-order valence-electron chi connectivity index (χ0n) is 16.8. The summed E-state index contributed by atoms with van der Waals surface area (Å²) in [6, 6.07) is 38.0. The van der Waals surface area contributed by atoms with Crippen LogP contribution < -0.4 is 33.1 Å². The Bertz CT molecular complexity index is 973. The molecule has 0 aromatic heterocycles. The highest BCUT2D eigenvalue weighted by Crippen LogP contribution is 2.58. The molecule has 0 heterocycles. The highest BCUT2D eigenvalue weighted by molar-refractivity contribution is 7.95. The van der Waals surface area contributed by atoms with Crippen molar-refractivity contribution in [1.29, 1.82) is 0 Å². The zero-order valence-corrected chi connectivity index (χ0v) is 18.4. The van der Waals surface area contributed by atoms with Gasteiger partial charge in [0.2, 0.25) is 0 Å². The third kappa shape index (κ3) is 4.21. The molecule has 0 saturated heterocycles. The van der Waals surface area contributed by atoms with E-state index in [-0.39, 0.29) is 18.2 Å². The van der Waals surface area contributed by atoms with E-state index in [0.29, 0.717) is 5.75 Å². The van der Waals surface area contributed by atoms with Gasteiger partial charge in [0.15, 0.2) is 11.5 Å². The van der Waals surface area contributed by atoms with E-state index >= 15 is 0 Å². The third-order valence-corrected chi connectivity index (χ3v) is 9.63. The summed E-state index contributed by atoms with van der Waals surface area (Å²) in [6.45, 7) is 0. The Balaban J connectivity index is 0.00000256. The van der Waals surface area contributed by atoms with Crippen LogP contribution in [0.5, 0.6) is 11.5 Å². The molecule has 152 valence electrons. The molecule has 0 atom stereocenters. The summed E-state index contributed by atoms with van der Waals surface area (Å²) in [5.74, 6) is 0.675. The van der Waals surface area contributed by atoms with Crippen molar-refractivity contribution in [3.8, 4) is 11.5 Å². The zero-order chi connectivity index (χ0) is 20.1. The lowest BCUT2D eigenvalue weighted by molar-refractivity contribution is -0.00000685. The molecule has 0 spiro atoms. The molecule has 0 amide bonds. The Morgan fingerprint density at radius 2 is 1.10 bits per heavy atom. The number of methoxy groups -OCH3 is 1. The summed E-state index contributed by atoms with van der Waals surface area (Å²) in [4.78, 5) is 0. The average molecular weight is 435 g/mol. The summed E-state index contributed by atoms with van der Waals surface area (Å²) in [5, 5.41) is 14.1. The van der Waals surface area contributed by atoms with Crippen molar-refractivity contribution in [3.05, 3.63) is 115 Å². The molecule has 0 aliphatic heterocycles. The Morgan fingerprint density at radius 3 is 1.50 bits per heavy atom. The SMILES string of the molecule is COc1cc(C[P+](c2ccccc2)(c2ccccc2)c2ccccc2)ccc1O.[Cl-]. The molecule has 0 aliphatic carbocycles. The highest BCUT2D eigenvalue weighted by Gasteiger charge is 2.45. The van der Waals surface area contributed by atoms with Gasteiger partial charge in [-0.15, -0.1) is 0 Å². The smallest absolute Gasteiger partial charge is 0.160 e. The molecule has 4 heteroatoms. The second-order valence-electron chi connectivity index (χ2n) is 6.98. The first-order valence-electron chi connectivity index (χ1n) is 9.65. The molecule has 0 fully saturated rings. The van der Waals surface area contributed by atoms with Crippen LogP contribution in [0.25, 0.3) is 0 Å². The molecule has 4 rings (SSSR count). The van der Waals surface area contributed by atoms with E-state index in [0.717, 1.165) is 11.7 Å². The minimum Gasteiger partial charge on any atom is -1.00 e. The number of rotatable bonds is 6. The lowest BCUT2D eigenvalue weighted by Crippen LogP contribution is -3.00. The van der Waals surface area contributed by atoms with Crippen molar-refractivity contribution in [2.75, 3.05) is 7.11 Å². The monoisotopic (exact) mass is 434 g/mol. The maximum atomic E-state index is 10.1. The maximum absolute atomic E-state index is 10.1. The van der Waals surface area contributed by atoms with Crippen LogP contribution in [-0.2, 0) is 6.16 Å². The van der Waals surface area contributed by atoms with Gasteiger partial charge in [-0.1, -0.05) is 60.7 Å². The first-order valence-corrected chi connectivity index (χ1v) is 11.6. The fraction of sp³-hybridized carbons (Fsp3) is 0.0769. The molecule has 4 aromatic carbocycles. The van der Waals surface area contributed by atoms with E-state index in [4.69, 9.17) is 4.74 Å². The summed E-state index contributed by atoms with van der Waals surface area (Å²) in [6.07, 6.45) is 0.849. The van der Waals surface area contributed by atoms with Crippen LogP contribution in [0.2, 0.25) is 0 Å². The van der Waals surface area contributed by atoms with Gasteiger partial charge in [0.25, 0.3) is 0 Å². The number of aromatic hydroxyl groups is 1. The van der Waals surface area contributed by atoms with Gasteiger partial charge in [0.05, 0.1) is 13.3 Å². The number of phenols is 1. The Kier molecular flexibility index (Phi) is 7.15. The van der Waals surface area contributed by atoms with Gasteiger partial charge in [0.1, 0.15) is 23.2 Å². The normalized spacial score (nSPS) is 10.8. The van der Waals surface area contributed by atoms with Crippen LogP contribution >= 0.6 is 7.26 Å². The van der Waals surface area contributed by atoms with E-state index in [1.165, 1.54) is 15.9 Å². The predicted molar refractivity (Wildman–Crippen MR) is 124 cm³/mol. The van der Waals surface area contributed by atoms with Crippen LogP contribution in [0, 0.1) is 0 Å². The number of hydrogen-bond acceptors (Lipinski definition) is 2. The second-order valence-corrected chi connectivity index (χ2v) is 10.5. The number of benzene rings is 4. The third-order valence-electron chi connectivity index (χ3n) is 5.25. The lowest BCUT2D eigenvalue weighted by atomic mass is 10.2. The van der Waals surface area contributed by atoms with Crippen LogP contribution in [0.3, 0.4) is 0 Å². The molecule has 1 N–H and O–H groups in total.